The van der Waals surface area contributed by atoms with Crippen molar-refractivity contribution in [1.29, 1.82) is 0 Å². The Balaban J connectivity index is 3.04. The molecule has 4 nitrogen and oxygen atoms in total. The van der Waals surface area contributed by atoms with E-state index in [0.717, 1.165) is 17.5 Å². The first-order chi connectivity index (χ1) is 6.15. The summed E-state index contributed by atoms with van der Waals surface area (Å²) in [7, 11) is 0. The molecule has 0 aliphatic rings. The van der Waals surface area contributed by atoms with Gasteiger partial charge in [-0.3, -0.25) is 15.3 Å². The summed E-state index contributed by atoms with van der Waals surface area (Å²) in [6.45, 7) is 0. The largest absolute Gasteiger partial charge is 0.283 e. The molecule has 0 amide bonds. The minimum Gasteiger partial charge on any atom is -0.278 e. The number of rotatable bonds is 3. The first-order valence-electron chi connectivity index (χ1n) is 3.39. The van der Waals surface area contributed by atoms with Crippen LogP contribution in [0.3, 0.4) is 0 Å². The fourth-order valence-corrected chi connectivity index (χ4v) is 1.65. The standard InChI is InChI=1S/C7H7BrN2O2S/c8-6-2-1-5(4-13-9)3-7(6)10(11)12/h1-3H,4,9H2. The van der Waals surface area contributed by atoms with E-state index in [-0.39, 0.29) is 5.69 Å². The van der Waals surface area contributed by atoms with Gasteiger partial charge in [-0.2, -0.15) is 0 Å². The molecule has 0 atom stereocenters. The van der Waals surface area contributed by atoms with Crippen molar-refractivity contribution < 1.29 is 4.92 Å². The third-order valence-electron chi connectivity index (χ3n) is 1.46. The van der Waals surface area contributed by atoms with Crippen molar-refractivity contribution in [3.63, 3.8) is 0 Å². The summed E-state index contributed by atoms with van der Waals surface area (Å²) in [6, 6.07) is 4.98. The number of benzene rings is 1. The lowest BCUT2D eigenvalue weighted by Crippen LogP contribution is -1.92. The maximum Gasteiger partial charge on any atom is 0.283 e. The summed E-state index contributed by atoms with van der Waals surface area (Å²) >= 11 is 4.25. The predicted molar refractivity (Wildman–Crippen MR) is 56.3 cm³/mol. The third kappa shape index (κ3) is 2.68. The SMILES string of the molecule is NSCc1ccc(Br)c([N+](=O)[O-])c1. The Labute approximate surface area is 87.9 Å². The van der Waals surface area contributed by atoms with Crippen LogP contribution in [0.15, 0.2) is 22.7 Å². The lowest BCUT2D eigenvalue weighted by atomic mass is 10.2. The first-order valence-corrected chi connectivity index (χ1v) is 5.24. The molecule has 0 aliphatic heterocycles. The molecule has 0 aliphatic carbocycles. The van der Waals surface area contributed by atoms with Crippen LogP contribution in [0, 0.1) is 10.1 Å². The fraction of sp³-hybridized carbons (Fsp3) is 0.143. The van der Waals surface area contributed by atoms with Gasteiger partial charge in [0.1, 0.15) is 0 Å². The lowest BCUT2D eigenvalue weighted by molar-refractivity contribution is -0.385. The molecule has 6 heteroatoms. The van der Waals surface area contributed by atoms with E-state index < -0.39 is 4.92 Å². The Morgan fingerprint density at radius 3 is 2.85 bits per heavy atom. The molecule has 1 rings (SSSR count). The van der Waals surface area contributed by atoms with Gasteiger partial charge in [0.2, 0.25) is 0 Å². The molecule has 1 aromatic rings. The summed E-state index contributed by atoms with van der Waals surface area (Å²) in [6.07, 6.45) is 0. The van der Waals surface area contributed by atoms with Crippen LogP contribution in [0.5, 0.6) is 0 Å². The van der Waals surface area contributed by atoms with Crippen LogP contribution in [0.25, 0.3) is 0 Å². The van der Waals surface area contributed by atoms with Gasteiger partial charge in [-0.05, 0) is 27.6 Å². The van der Waals surface area contributed by atoms with E-state index in [1.54, 1.807) is 12.1 Å². The second kappa shape index (κ2) is 4.59. The maximum atomic E-state index is 10.5. The average Bonchev–Trinajstić information content (AvgIpc) is 2.08. The fourth-order valence-electron chi connectivity index (χ4n) is 0.884. The topological polar surface area (TPSA) is 69.2 Å². The summed E-state index contributed by atoms with van der Waals surface area (Å²) in [5.74, 6) is 0.577. The zero-order valence-corrected chi connectivity index (χ0v) is 8.97. The Hall–Kier alpha value is -0.590. The Bertz CT molecular complexity index is 332. The molecule has 2 N–H and O–H groups in total. The van der Waals surface area contributed by atoms with Crippen LogP contribution in [0.2, 0.25) is 0 Å². The molecule has 0 saturated carbocycles. The van der Waals surface area contributed by atoms with E-state index >= 15 is 0 Å². The summed E-state index contributed by atoms with van der Waals surface area (Å²) in [4.78, 5) is 10.1. The number of nitrogens with two attached hydrogens (primary N) is 1. The quantitative estimate of drug-likeness (QED) is 0.516. The van der Waals surface area contributed by atoms with Gasteiger partial charge in [-0.25, -0.2) is 0 Å². The Morgan fingerprint density at radius 1 is 1.62 bits per heavy atom. The van der Waals surface area contributed by atoms with Crippen molar-refractivity contribution in [2.45, 2.75) is 5.75 Å². The van der Waals surface area contributed by atoms with Crippen molar-refractivity contribution in [3.8, 4) is 0 Å². The molecule has 13 heavy (non-hydrogen) atoms. The highest BCUT2D eigenvalue weighted by Gasteiger charge is 2.11. The monoisotopic (exact) mass is 262 g/mol. The van der Waals surface area contributed by atoms with Gasteiger partial charge in [-0.1, -0.05) is 18.0 Å². The van der Waals surface area contributed by atoms with Crippen molar-refractivity contribution in [2.24, 2.45) is 5.14 Å². The summed E-state index contributed by atoms with van der Waals surface area (Å²) in [5, 5.41) is 15.8. The highest BCUT2D eigenvalue weighted by atomic mass is 79.9. The number of nitro groups is 1. The van der Waals surface area contributed by atoms with Crippen molar-refractivity contribution in [1.82, 2.24) is 0 Å². The zero-order valence-electron chi connectivity index (χ0n) is 6.57. The molecule has 0 bridgehead atoms. The first kappa shape index (κ1) is 10.5. The summed E-state index contributed by atoms with van der Waals surface area (Å²) in [5.41, 5.74) is 0.925. The van der Waals surface area contributed by atoms with Crippen molar-refractivity contribution in [2.75, 3.05) is 0 Å². The average molecular weight is 263 g/mol. The van der Waals surface area contributed by atoms with Gasteiger partial charge in [0.25, 0.3) is 5.69 Å². The lowest BCUT2D eigenvalue weighted by Gasteiger charge is -1.99. The van der Waals surface area contributed by atoms with Gasteiger partial charge in [-0.15, -0.1) is 0 Å². The molecule has 0 fully saturated rings. The van der Waals surface area contributed by atoms with Crippen molar-refractivity contribution in [3.05, 3.63) is 38.3 Å². The van der Waals surface area contributed by atoms with E-state index in [1.807, 2.05) is 0 Å². The highest BCUT2D eigenvalue weighted by Crippen LogP contribution is 2.26. The highest BCUT2D eigenvalue weighted by molar-refractivity contribution is 9.10. The second-order valence-electron chi connectivity index (χ2n) is 2.35. The molecule has 0 spiro atoms. The maximum absolute atomic E-state index is 10.5. The van der Waals surface area contributed by atoms with Crippen LogP contribution < -0.4 is 5.14 Å². The molecule has 0 heterocycles. The number of nitrogens with zero attached hydrogens (tertiary/aromatic N) is 1. The molecule has 0 saturated heterocycles. The van der Waals surface area contributed by atoms with Gasteiger partial charge >= 0.3 is 0 Å². The van der Waals surface area contributed by atoms with Crippen LogP contribution in [-0.2, 0) is 5.75 Å². The molecule has 0 aromatic heterocycles. The van der Waals surface area contributed by atoms with Gasteiger partial charge < -0.3 is 0 Å². The number of hydrogen-bond donors (Lipinski definition) is 1. The zero-order chi connectivity index (χ0) is 9.84. The number of nitro benzene ring substituents is 1. The molecule has 70 valence electrons. The van der Waals surface area contributed by atoms with Crippen LogP contribution in [0.1, 0.15) is 5.56 Å². The van der Waals surface area contributed by atoms with Crippen LogP contribution in [0.4, 0.5) is 5.69 Å². The third-order valence-corrected chi connectivity index (χ3v) is 2.63. The van der Waals surface area contributed by atoms with E-state index in [0.29, 0.717) is 10.2 Å². The normalized spacial score (nSPS) is 10.0. The summed E-state index contributed by atoms with van der Waals surface area (Å²) < 4.78 is 0.489. The Morgan fingerprint density at radius 2 is 2.31 bits per heavy atom. The van der Waals surface area contributed by atoms with E-state index in [1.165, 1.54) is 6.07 Å². The molecular formula is C7H7BrN2O2S. The van der Waals surface area contributed by atoms with E-state index in [9.17, 15) is 10.1 Å². The van der Waals surface area contributed by atoms with Gasteiger partial charge in [0.05, 0.1) is 9.40 Å². The van der Waals surface area contributed by atoms with E-state index in [4.69, 9.17) is 5.14 Å². The van der Waals surface area contributed by atoms with Crippen LogP contribution >= 0.6 is 27.9 Å². The van der Waals surface area contributed by atoms with Gasteiger partial charge in [0, 0.05) is 11.8 Å². The smallest absolute Gasteiger partial charge is 0.278 e. The number of hydrogen-bond acceptors (Lipinski definition) is 4. The van der Waals surface area contributed by atoms with Gasteiger partial charge in [0.15, 0.2) is 0 Å². The second-order valence-corrected chi connectivity index (χ2v) is 3.83. The molecule has 0 unspecified atom stereocenters. The van der Waals surface area contributed by atoms with Crippen molar-refractivity contribution >= 4 is 33.6 Å². The molecule has 1 aromatic carbocycles. The minimum atomic E-state index is -0.422. The minimum absolute atomic E-state index is 0.0755. The molecular weight excluding hydrogens is 256 g/mol. The Kier molecular flexibility index (Phi) is 3.71. The predicted octanol–water partition coefficient (Wildman–Crippen LogP) is 2.46. The number of halogens is 1. The molecule has 0 radical (unpaired) electrons. The van der Waals surface area contributed by atoms with E-state index in [2.05, 4.69) is 15.9 Å². The van der Waals surface area contributed by atoms with Crippen LogP contribution in [-0.4, -0.2) is 4.92 Å².